The zero-order valence-corrected chi connectivity index (χ0v) is 37.2. The summed E-state index contributed by atoms with van der Waals surface area (Å²) < 4.78 is 4.61. The summed E-state index contributed by atoms with van der Waals surface area (Å²) in [6.45, 7) is 6.63. The lowest BCUT2D eigenvalue weighted by molar-refractivity contribution is -0.132. The van der Waals surface area contributed by atoms with E-state index in [0.29, 0.717) is 50.7 Å². The fourth-order valence-electron chi connectivity index (χ4n) is 8.83. The van der Waals surface area contributed by atoms with Crippen molar-refractivity contribution in [3.05, 3.63) is 131 Å². The van der Waals surface area contributed by atoms with Crippen molar-refractivity contribution in [3.8, 4) is 0 Å². The van der Waals surface area contributed by atoms with E-state index < -0.39 is 0 Å². The van der Waals surface area contributed by atoms with Gasteiger partial charge < -0.3 is 31.2 Å². The van der Waals surface area contributed by atoms with Crippen molar-refractivity contribution in [1.82, 2.24) is 34.0 Å². The molecule has 4 aromatic heterocycles. The summed E-state index contributed by atoms with van der Waals surface area (Å²) in [6.07, 6.45) is 9.95. The van der Waals surface area contributed by atoms with Crippen molar-refractivity contribution in [2.24, 2.45) is 5.73 Å². The van der Waals surface area contributed by atoms with Crippen LogP contribution in [-0.4, -0.2) is 45.8 Å². The molecule has 0 fully saturated rings. The van der Waals surface area contributed by atoms with Gasteiger partial charge in [-0.2, -0.15) is 0 Å². The Hall–Kier alpha value is -6.82. The van der Waals surface area contributed by atoms with Gasteiger partial charge in [-0.05, 0) is 60.1 Å². The van der Waals surface area contributed by atoms with Gasteiger partial charge in [0.05, 0.1) is 22.1 Å². The molecule has 0 atom stereocenters. The van der Waals surface area contributed by atoms with Crippen LogP contribution in [0.5, 0.6) is 0 Å². The van der Waals surface area contributed by atoms with Crippen LogP contribution in [-0.2, 0) is 48.6 Å². The summed E-state index contributed by atoms with van der Waals surface area (Å²) in [5, 5.41) is 2.08. The summed E-state index contributed by atoms with van der Waals surface area (Å²) in [5.74, 6) is 2.74. The summed E-state index contributed by atoms with van der Waals surface area (Å²) in [5.41, 5.74) is 28.0. The minimum Gasteiger partial charge on any atom is -0.382 e. The molecule has 6 N–H and O–H groups in total. The number of anilines is 2. The van der Waals surface area contributed by atoms with Gasteiger partial charge in [-0.3, -0.25) is 9.59 Å². The molecule has 64 heavy (non-hydrogen) atoms. The van der Waals surface area contributed by atoms with E-state index >= 15 is 0 Å². The molecule has 8 aromatic rings. The van der Waals surface area contributed by atoms with Crippen molar-refractivity contribution in [2.45, 2.75) is 117 Å². The number of unbranched alkanes of at least 4 members (excludes halogenated alkanes) is 5. The number of nitrogens with zero attached hydrogens (tertiary/aromatic N) is 7. The lowest BCUT2D eigenvalue weighted by Crippen LogP contribution is -2.30. The van der Waals surface area contributed by atoms with Crippen molar-refractivity contribution in [2.75, 3.05) is 11.5 Å². The first kappa shape index (κ1) is 43.8. The standard InChI is InChI=1S/C52H60N10O2/c1-3-5-20-44-58-47-49(39-15-11-13-17-41(39)56-51(47)54)61(44)33-37-27-23-35(24-28-37)31-60(46(64)22-10-8-7-9-19-43(53)63)32-36-25-29-38(30-26-36)34-62-45(21-6-4-2)59-48-50(62)40-16-12-14-18-42(40)57-52(48)55/h11-18,23-30H,3-10,19-22,31-34H2,1-2H3,(H2,53,63)(H2,54,56)(H2,55,57). The number of nitrogen functional groups attached to an aromatic ring is 2. The Labute approximate surface area is 374 Å². The Balaban J connectivity index is 1.02. The molecule has 4 heterocycles. The van der Waals surface area contributed by atoms with E-state index in [4.69, 9.17) is 27.2 Å². The maximum atomic E-state index is 14.0. The van der Waals surface area contributed by atoms with Crippen molar-refractivity contribution in [3.63, 3.8) is 0 Å². The summed E-state index contributed by atoms with van der Waals surface area (Å²) in [7, 11) is 0. The van der Waals surface area contributed by atoms with Crippen LogP contribution in [0, 0.1) is 0 Å². The number of aryl methyl sites for hydroxylation is 2. The first-order chi connectivity index (χ1) is 31.2. The largest absolute Gasteiger partial charge is 0.382 e. The third-order valence-corrected chi connectivity index (χ3v) is 12.3. The predicted molar refractivity (Wildman–Crippen MR) is 258 cm³/mol. The number of benzene rings is 4. The SMILES string of the molecule is CCCCc1nc2c(N)nc3ccccc3c2n1Cc1ccc(CN(Cc2ccc(Cn3c(CCCC)nc4c(N)nc5ccccc5c43)cc2)C(=O)CCCCCCC(N)=O)cc1. The average Bonchev–Trinajstić information content (AvgIpc) is 3.85. The fraction of sp³-hybridized carbons (Fsp3) is 0.346. The number of amides is 2. The second-order valence-electron chi connectivity index (χ2n) is 17.1. The summed E-state index contributed by atoms with van der Waals surface area (Å²) in [4.78, 5) is 46.6. The van der Waals surface area contributed by atoms with Gasteiger partial charge in [0.1, 0.15) is 22.7 Å². The highest BCUT2D eigenvalue weighted by Crippen LogP contribution is 2.32. The van der Waals surface area contributed by atoms with E-state index in [2.05, 4.69) is 93.6 Å². The Morgan fingerprint density at radius 3 is 1.39 bits per heavy atom. The Morgan fingerprint density at radius 2 is 0.953 bits per heavy atom. The lowest BCUT2D eigenvalue weighted by Gasteiger charge is -2.24. The van der Waals surface area contributed by atoms with E-state index in [0.717, 1.165) is 142 Å². The zero-order valence-electron chi connectivity index (χ0n) is 37.2. The van der Waals surface area contributed by atoms with E-state index in [1.165, 1.54) is 0 Å². The van der Waals surface area contributed by atoms with Gasteiger partial charge in [0.2, 0.25) is 11.8 Å². The van der Waals surface area contributed by atoms with Gasteiger partial charge in [-0.15, -0.1) is 0 Å². The third kappa shape index (κ3) is 9.86. The van der Waals surface area contributed by atoms with Gasteiger partial charge in [-0.25, -0.2) is 19.9 Å². The Morgan fingerprint density at radius 1 is 0.531 bits per heavy atom. The summed E-state index contributed by atoms with van der Waals surface area (Å²) >= 11 is 0. The molecular formula is C52H60N10O2. The average molecular weight is 857 g/mol. The normalized spacial score (nSPS) is 11.7. The Kier molecular flexibility index (Phi) is 13.8. The number of para-hydroxylation sites is 2. The molecule has 0 unspecified atom stereocenters. The van der Waals surface area contributed by atoms with Crippen LogP contribution in [0.2, 0.25) is 0 Å². The molecule has 0 bridgehead atoms. The molecule has 0 radical (unpaired) electrons. The number of hydrogen-bond donors (Lipinski definition) is 3. The number of fused-ring (bicyclic) bond motifs is 6. The highest BCUT2D eigenvalue weighted by Gasteiger charge is 2.20. The van der Waals surface area contributed by atoms with Gasteiger partial charge >= 0.3 is 0 Å². The van der Waals surface area contributed by atoms with Gasteiger partial charge in [0.15, 0.2) is 11.6 Å². The highest BCUT2D eigenvalue weighted by atomic mass is 16.2. The van der Waals surface area contributed by atoms with Crippen LogP contribution in [0.1, 0.15) is 112 Å². The topological polar surface area (TPSA) is 177 Å². The van der Waals surface area contributed by atoms with Crippen molar-refractivity contribution in [1.29, 1.82) is 0 Å². The van der Waals surface area contributed by atoms with Gasteiger partial charge in [0, 0.05) is 62.6 Å². The molecule has 4 aromatic carbocycles. The van der Waals surface area contributed by atoms with E-state index in [1.807, 2.05) is 41.3 Å². The van der Waals surface area contributed by atoms with Crippen LogP contribution in [0.4, 0.5) is 11.6 Å². The molecule has 0 aliphatic heterocycles. The first-order valence-electron chi connectivity index (χ1n) is 23.0. The molecule has 12 nitrogen and oxygen atoms in total. The van der Waals surface area contributed by atoms with E-state index in [9.17, 15) is 9.59 Å². The molecular weight excluding hydrogens is 797 g/mol. The molecule has 12 heteroatoms. The number of primary amides is 1. The third-order valence-electron chi connectivity index (χ3n) is 12.3. The predicted octanol–water partition coefficient (Wildman–Crippen LogP) is 9.78. The molecule has 0 saturated heterocycles. The van der Waals surface area contributed by atoms with Gasteiger partial charge in [-0.1, -0.05) is 124 Å². The molecule has 0 saturated carbocycles. The van der Waals surface area contributed by atoms with E-state index in [-0.39, 0.29) is 11.8 Å². The van der Waals surface area contributed by atoms with Crippen LogP contribution < -0.4 is 17.2 Å². The van der Waals surface area contributed by atoms with Gasteiger partial charge in [0.25, 0.3) is 0 Å². The molecule has 0 spiro atoms. The smallest absolute Gasteiger partial charge is 0.223 e. The highest BCUT2D eigenvalue weighted by molar-refractivity contribution is 6.07. The molecule has 8 rings (SSSR count). The number of hydrogen-bond acceptors (Lipinski definition) is 8. The van der Waals surface area contributed by atoms with Crippen LogP contribution >= 0.6 is 0 Å². The molecule has 0 aliphatic carbocycles. The molecule has 2 amide bonds. The van der Waals surface area contributed by atoms with Crippen molar-refractivity contribution < 1.29 is 9.59 Å². The quantitative estimate of drug-likeness (QED) is 0.0598. The number of nitrogens with two attached hydrogens (primary N) is 3. The van der Waals surface area contributed by atoms with E-state index in [1.54, 1.807) is 0 Å². The lowest BCUT2D eigenvalue weighted by atomic mass is 10.1. The van der Waals surface area contributed by atoms with Crippen LogP contribution in [0.15, 0.2) is 97.1 Å². The van der Waals surface area contributed by atoms with Crippen LogP contribution in [0.3, 0.4) is 0 Å². The monoisotopic (exact) mass is 856 g/mol. The number of pyridine rings is 2. The molecule has 330 valence electrons. The fourth-order valence-corrected chi connectivity index (χ4v) is 8.83. The number of imidazole rings is 2. The first-order valence-corrected chi connectivity index (χ1v) is 23.0. The van der Waals surface area contributed by atoms with Crippen molar-refractivity contribution >= 4 is 67.3 Å². The van der Waals surface area contributed by atoms with Crippen LogP contribution in [0.25, 0.3) is 43.9 Å². The number of carbonyl (C=O) groups excluding carboxylic acids is 2. The number of rotatable bonds is 21. The molecule has 0 aliphatic rings. The maximum absolute atomic E-state index is 14.0. The number of carbonyl (C=O) groups is 2. The minimum absolute atomic E-state index is 0.107. The minimum atomic E-state index is -0.282. The summed E-state index contributed by atoms with van der Waals surface area (Å²) in [6, 6.07) is 33.4. The second kappa shape index (κ2) is 20.1. The Bertz CT molecular complexity index is 2720. The zero-order chi connectivity index (χ0) is 44.6. The number of aromatic nitrogens is 6. The second-order valence-corrected chi connectivity index (χ2v) is 17.1. The maximum Gasteiger partial charge on any atom is 0.223 e.